The molecule has 0 radical (unpaired) electrons. The molecule has 0 saturated carbocycles. The van der Waals surface area contributed by atoms with Crippen molar-refractivity contribution < 1.29 is 19.0 Å². The first kappa shape index (κ1) is 17.5. The van der Waals surface area contributed by atoms with Gasteiger partial charge in [0.15, 0.2) is 5.57 Å². The van der Waals surface area contributed by atoms with Gasteiger partial charge in [0.2, 0.25) is 0 Å². The van der Waals surface area contributed by atoms with E-state index in [1.54, 1.807) is 37.3 Å². The zero-order valence-electron chi connectivity index (χ0n) is 12.8. The van der Waals surface area contributed by atoms with Gasteiger partial charge in [-0.05, 0) is 38.1 Å². The van der Waals surface area contributed by atoms with Gasteiger partial charge in [-0.15, -0.1) is 0 Å². The second-order valence-electron chi connectivity index (χ2n) is 4.10. The van der Waals surface area contributed by atoms with E-state index in [9.17, 15) is 4.79 Å². The first-order valence-electron chi connectivity index (χ1n) is 7.05. The Labute approximate surface area is 130 Å². The number of anilines is 1. The van der Waals surface area contributed by atoms with E-state index in [2.05, 4.69) is 5.32 Å². The highest BCUT2D eigenvalue weighted by atomic mass is 16.5. The van der Waals surface area contributed by atoms with E-state index in [0.29, 0.717) is 19.8 Å². The fraction of sp³-hybridized carbons (Fsp3) is 0.375. The lowest BCUT2D eigenvalue weighted by molar-refractivity contribution is -0.138. The van der Waals surface area contributed by atoms with Gasteiger partial charge < -0.3 is 19.5 Å². The Bertz CT molecular complexity index is 532. The molecule has 0 atom stereocenters. The predicted octanol–water partition coefficient (Wildman–Crippen LogP) is 2.48. The second kappa shape index (κ2) is 10.2. The van der Waals surface area contributed by atoms with E-state index >= 15 is 0 Å². The normalized spacial score (nSPS) is 10.7. The lowest BCUT2D eigenvalue weighted by Crippen LogP contribution is -2.08. The molecule has 0 unspecified atom stereocenters. The van der Waals surface area contributed by atoms with Crippen molar-refractivity contribution in [3.05, 3.63) is 36.0 Å². The van der Waals surface area contributed by atoms with E-state index < -0.39 is 5.97 Å². The van der Waals surface area contributed by atoms with Gasteiger partial charge >= 0.3 is 5.97 Å². The number of hydrogen-bond acceptors (Lipinski definition) is 6. The van der Waals surface area contributed by atoms with Crippen molar-refractivity contribution in [3.8, 4) is 11.8 Å². The van der Waals surface area contributed by atoms with Crippen LogP contribution in [0.2, 0.25) is 0 Å². The van der Waals surface area contributed by atoms with Crippen molar-refractivity contribution in [1.29, 1.82) is 5.26 Å². The fourth-order valence-electron chi connectivity index (χ4n) is 1.51. The average molecular weight is 304 g/mol. The number of esters is 1. The number of hydrogen-bond donors (Lipinski definition) is 1. The molecule has 0 spiro atoms. The molecule has 118 valence electrons. The topological polar surface area (TPSA) is 80.6 Å². The Morgan fingerprint density at radius 3 is 2.55 bits per heavy atom. The number of nitriles is 1. The standard InChI is InChI=1S/C16H20N2O4/c1-3-20-9-10-22-15-7-5-14(6-8-15)18-12-13(11-17)16(19)21-4-2/h5-8,12,18H,3-4,9-10H2,1-2H3/b13-12+. The zero-order chi connectivity index (χ0) is 16.2. The Hall–Kier alpha value is -2.52. The summed E-state index contributed by atoms with van der Waals surface area (Å²) in [5.41, 5.74) is 0.646. The molecule has 0 aliphatic rings. The Morgan fingerprint density at radius 2 is 1.95 bits per heavy atom. The van der Waals surface area contributed by atoms with Crippen LogP contribution >= 0.6 is 0 Å². The number of nitrogens with zero attached hydrogens (tertiary/aromatic N) is 1. The highest BCUT2D eigenvalue weighted by Crippen LogP contribution is 2.16. The van der Waals surface area contributed by atoms with Crippen molar-refractivity contribution in [2.24, 2.45) is 0 Å². The SMILES string of the molecule is CCOCCOc1ccc(N/C=C(\C#N)C(=O)OCC)cc1. The van der Waals surface area contributed by atoms with Crippen molar-refractivity contribution >= 4 is 11.7 Å². The van der Waals surface area contributed by atoms with Crippen molar-refractivity contribution in [2.75, 3.05) is 31.7 Å². The van der Waals surface area contributed by atoms with Crippen LogP contribution in [0.5, 0.6) is 5.75 Å². The largest absolute Gasteiger partial charge is 0.491 e. The minimum Gasteiger partial charge on any atom is -0.491 e. The molecule has 0 heterocycles. The zero-order valence-corrected chi connectivity index (χ0v) is 12.8. The van der Waals surface area contributed by atoms with Gasteiger partial charge in [0.1, 0.15) is 18.4 Å². The molecule has 1 aromatic carbocycles. The van der Waals surface area contributed by atoms with Crippen LogP contribution in [-0.4, -0.2) is 32.4 Å². The maximum Gasteiger partial charge on any atom is 0.350 e. The lowest BCUT2D eigenvalue weighted by atomic mass is 10.3. The van der Waals surface area contributed by atoms with Crippen LogP contribution in [0, 0.1) is 11.3 Å². The molecule has 0 amide bonds. The first-order chi connectivity index (χ1) is 10.7. The first-order valence-corrected chi connectivity index (χ1v) is 7.05. The number of rotatable bonds is 9. The molecule has 6 heteroatoms. The van der Waals surface area contributed by atoms with E-state index in [1.165, 1.54) is 6.20 Å². The summed E-state index contributed by atoms with van der Waals surface area (Å²) >= 11 is 0. The van der Waals surface area contributed by atoms with E-state index in [1.807, 2.05) is 6.92 Å². The van der Waals surface area contributed by atoms with Crippen LogP contribution in [0.25, 0.3) is 0 Å². The van der Waals surface area contributed by atoms with Crippen LogP contribution in [0.4, 0.5) is 5.69 Å². The van der Waals surface area contributed by atoms with E-state index in [-0.39, 0.29) is 12.2 Å². The van der Waals surface area contributed by atoms with Crippen LogP contribution < -0.4 is 10.1 Å². The van der Waals surface area contributed by atoms with Crippen molar-refractivity contribution in [1.82, 2.24) is 0 Å². The third kappa shape index (κ3) is 6.29. The quantitative estimate of drug-likeness (QED) is 0.327. The van der Waals surface area contributed by atoms with E-state index in [0.717, 1.165) is 11.4 Å². The van der Waals surface area contributed by atoms with E-state index in [4.69, 9.17) is 19.5 Å². The summed E-state index contributed by atoms with van der Waals surface area (Å²) in [7, 11) is 0. The van der Waals surface area contributed by atoms with Gasteiger partial charge in [0, 0.05) is 18.5 Å². The monoisotopic (exact) mass is 304 g/mol. The van der Waals surface area contributed by atoms with Crippen molar-refractivity contribution in [3.63, 3.8) is 0 Å². The molecule has 1 aromatic rings. The number of carbonyl (C=O) groups is 1. The summed E-state index contributed by atoms with van der Waals surface area (Å²) in [4.78, 5) is 11.4. The summed E-state index contributed by atoms with van der Waals surface area (Å²) in [6, 6.07) is 8.94. The molecular weight excluding hydrogens is 284 g/mol. The number of nitrogens with one attached hydrogen (secondary N) is 1. The fourth-order valence-corrected chi connectivity index (χ4v) is 1.51. The number of benzene rings is 1. The lowest BCUT2D eigenvalue weighted by Gasteiger charge is -2.07. The van der Waals surface area contributed by atoms with Crippen LogP contribution in [0.15, 0.2) is 36.0 Å². The third-order valence-corrected chi connectivity index (χ3v) is 2.55. The Kier molecular flexibility index (Phi) is 8.16. The van der Waals surface area contributed by atoms with Gasteiger partial charge in [0.05, 0.1) is 13.2 Å². The van der Waals surface area contributed by atoms with Crippen LogP contribution in [-0.2, 0) is 14.3 Å². The number of carbonyl (C=O) groups excluding carboxylic acids is 1. The van der Waals surface area contributed by atoms with Crippen LogP contribution in [0.3, 0.4) is 0 Å². The van der Waals surface area contributed by atoms with Gasteiger partial charge in [-0.1, -0.05) is 0 Å². The van der Waals surface area contributed by atoms with Crippen LogP contribution in [0.1, 0.15) is 13.8 Å². The molecule has 22 heavy (non-hydrogen) atoms. The molecular formula is C16H20N2O4. The Morgan fingerprint density at radius 1 is 1.23 bits per heavy atom. The summed E-state index contributed by atoms with van der Waals surface area (Å²) in [6.45, 7) is 5.54. The molecule has 0 saturated heterocycles. The predicted molar refractivity (Wildman–Crippen MR) is 82.4 cm³/mol. The molecule has 1 N–H and O–H groups in total. The van der Waals surface area contributed by atoms with Gasteiger partial charge in [0.25, 0.3) is 0 Å². The van der Waals surface area contributed by atoms with Crippen molar-refractivity contribution in [2.45, 2.75) is 13.8 Å². The summed E-state index contributed by atoms with van der Waals surface area (Å²) in [5.74, 6) is 0.0773. The molecule has 0 aliphatic heterocycles. The van der Waals surface area contributed by atoms with Gasteiger partial charge in [-0.25, -0.2) is 4.79 Å². The molecule has 6 nitrogen and oxygen atoms in total. The highest BCUT2D eigenvalue weighted by molar-refractivity contribution is 5.93. The minimum atomic E-state index is -0.645. The Balaban J connectivity index is 2.53. The summed E-state index contributed by atoms with van der Waals surface area (Å²) in [6.07, 6.45) is 1.32. The maximum absolute atomic E-state index is 11.4. The molecule has 0 aliphatic carbocycles. The van der Waals surface area contributed by atoms with Gasteiger partial charge in [-0.3, -0.25) is 0 Å². The minimum absolute atomic E-state index is 0.0844. The summed E-state index contributed by atoms with van der Waals surface area (Å²) in [5, 5.41) is 11.8. The molecule has 1 rings (SSSR count). The highest BCUT2D eigenvalue weighted by Gasteiger charge is 2.08. The maximum atomic E-state index is 11.4. The molecule has 0 bridgehead atoms. The molecule has 0 fully saturated rings. The smallest absolute Gasteiger partial charge is 0.350 e. The number of ether oxygens (including phenoxy) is 3. The average Bonchev–Trinajstić information content (AvgIpc) is 2.54. The molecule has 0 aromatic heterocycles. The van der Waals surface area contributed by atoms with Gasteiger partial charge in [-0.2, -0.15) is 5.26 Å². The summed E-state index contributed by atoms with van der Waals surface area (Å²) < 4.78 is 15.4. The third-order valence-electron chi connectivity index (χ3n) is 2.55. The second-order valence-corrected chi connectivity index (χ2v) is 4.10.